The van der Waals surface area contributed by atoms with Crippen molar-refractivity contribution in [1.82, 2.24) is 14.8 Å². The topological polar surface area (TPSA) is 56.7 Å². The highest BCUT2D eigenvalue weighted by molar-refractivity contribution is 5.30. The Hall–Kier alpha value is -1.91. The Morgan fingerprint density at radius 2 is 2.21 bits per heavy atom. The first kappa shape index (κ1) is 8.68. The minimum absolute atomic E-state index is 0.345. The summed E-state index contributed by atoms with van der Waals surface area (Å²) in [5.41, 5.74) is 6.84. The van der Waals surface area contributed by atoms with Gasteiger partial charge in [-0.15, -0.1) is 0 Å². The van der Waals surface area contributed by atoms with Crippen LogP contribution in [-0.4, -0.2) is 14.8 Å². The third-order valence-electron chi connectivity index (χ3n) is 1.76. The smallest absolute Gasteiger partial charge is 0.141 e. The van der Waals surface area contributed by atoms with Gasteiger partial charge in [-0.25, -0.2) is 4.39 Å². The van der Waals surface area contributed by atoms with Gasteiger partial charge in [-0.05, 0) is 11.6 Å². The highest BCUT2D eigenvalue weighted by Crippen LogP contribution is 2.05. The van der Waals surface area contributed by atoms with Crippen molar-refractivity contribution >= 4 is 5.69 Å². The summed E-state index contributed by atoms with van der Waals surface area (Å²) in [5, 5.41) is 3.98. The van der Waals surface area contributed by atoms with Gasteiger partial charge in [0, 0.05) is 12.4 Å². The van der Waals surface area contributed by atoms with E-state index in [1.54, 1.807) is 23.3 Å². The van der Waals surface area contributed by atoms with Crippen LogP contribution in [0.4, 0.5) is 10.1 Å². The van der Waals surface area contributed by atoms with E-state index in [9.17, 15) is 4.39 Å². The van der Waals surface area contributed by atoms with E-state index in [2.05, 4.69) is 10.1 Å². The molecule has 2 rings (SSSR count). The van der Waals surface area contributed by atoms with E-state index in [1.807, 2.05) is 0 Å². The Labute approximate surface area is 80.2 Å². The molecule has 5 heteroatoms. The minimum Gasteiger partial charge on any atom is -0.396 e. The summed E-state index contributed by atoms with van der Waals surface area (Å²) in [5.74, 6) is -0.345. The highest BCUT2D eigenvalue weighted by Gasteiger charge is 1.98. The monoisotopic (exact) mass is 192 g/mol. The van der Waals surface area contributed by atoms with E-state index < -0.39 is 0 Å². The zero-order chi connectivity index (χ0) is 9.97. The third-order valence-corrected chi connectivity index (χ3v) is 1.76. The van der Waals surface area contributed by atoms with E-state index in [0.717, 1.165) is 5.56 Å². The number of nitrogens with two attached hydrogens (primary N) is 1. The first-order valence-electron chi connectivity index (χ1n) is 4.11. The van der Waals surface area contributed by atoms with Gasteiger partial charge in [0.2, 0.25) is 0 Å². The SMILES string of the molecule is Nc1cnn(Cc2cncc(F)c2)c1. The second-order valence-electron chi connectivity index (χ2n) is 2.98. The van der Waals surface area contributed by atoms with E-state index in [1.165, 1.54) is 12.3 Å². The largest absolute Gasteiger partial charge is 0.396 e. The predicted molar refractivity (Wildman–Crippen MR) is 49.9 cm³/mol. The molecular formula is C9H9FN4. The van der Waals surface area contributed by atoms with Crippen molar-refractivity contribution in [2.45, 2.75) is 6.54 Å². The van der Waals surface area contributed by atoms with Crippen LogP contribution in [0.5, 0.6) is 0 Å². The number of hydrogen-bond donors (Lipinski definition) is 1. The zero-order valence-electron chi connectivity index (χ0n) is 7.39. The fraction of sp³-hybridized carbons (Fsp3) is 0.111. The molecule has 0 atom stereocenters. The molecular weight excluding hydrogens is 183 g/mol. The molecule has 0 saturated carbocycles. The van der Waals surface area contributed by atoms with Gasteiger partial charge in [-0.2, -0.15) is 5.10 Å². The standard InChI is InChI=1S/C9H9FN4/c10-8-1-7(2-12-3-8)5-14-6-9(11)4-13-14/h1-4,6H,5,11H2. The first-order chi connectivity index (χ1) is 6.74. The molecule has 2 aromatic heterocycles. The average molecular weight is 192 g/mol. The first-order valence-corrected chi connectivity index (χ1v) is 4.11. The maximum Gasteiger partial charge on any atom is 0.141 e. The fourth-order valence-electron chi connectivity index (χ4n) is 1.20. The average Bonchev–Trinajstić information content (AvgIpc) is 2.51. The lowest BCUT2D eigenvalue weighted by molar-refractivity contribution is 0.611. The van der Waals surface area contributed by atoms with Crippen LogP contribution >= 0.6 is 0 Å². The molecule has 0 saturated heterocycles. The van der Waals surface area contributed by atoms with Crippen LogP contribution in [0.3, 0.4) is 0 Å². The van der Waals surface area contributed by atoms with Crippen molar-refractivity contribution < 1.29 is 4.39 Å². The van der Waals surface area contributed by atoms with Crippen LogP contribution in [0.2, 0.25) is 0 Å². The van der Waals surface area contributed by atoms with Crippen molar-refractivity contribution in [1.29, 1.82) is 0 Å². The number of nitrogens with zero attached hydrogens (tertiary/aromatic N) is 3. The molecule has 0 spiro atoms. The van der Waals surface area contributed by atoms with Gasteiger partial charge >= 0.3 is 0 Å². The summed E-state index contributed by atoms with van der Waals surface area (Å²) < 4.78 is 14.4. The molecule has 0 aromatic carbocycles. The van der Waals surface area contributed by atoms with Gasteiger partial charge in [0.25, 0.3) is 0 Å². The lowest BCUT2D eigenvalue weighted by atomic mass is 10.3. The summed E-state index contributed by atoms with van der Waals surface area (Å²) in [7, 11) is 0. The van der Waals surface area contributed by atoms with Gasteiger partial charge in [0.05, 0.1) is 24.6 Å². The van der Waals surface area contributed by atoms with Crippen LogP contribution in [0.15, 0.2) is 30.9 Å². The van der Waals surface area contributed by atoms with Crippen LogP contribution in [0.25, 0.3) is 0 Å². The number of halogens is 1. The number of aromatic nitrogens is 3. The second kappa shape index (κ2) is 3.45. The molecule has 0 unspecified atom stereocenters. The fourth-order valence-corrected chi connectivity index (χ4v) is 1.20. The van der Waals surface area contributed by atoms with Crippen molar-refractivity contribution in [3.05, 3.63) is 42.2 Å². The lowest BCUT2D eigenvalue weighted by Gasteiger charge is -2.00. The lowest BCUT2D eigenvalue weighted by Crippen LogP contribution is -2.00. The van der Waals surface area contributed by atoms with Crippen LogP contribution in [0, 0.1) is 5.82 Å². The Balaban J connectivity index is 2.18. The molecule has 14 heavy (non-hydrogen) atoms. The van der Waals surface area contributed by atoms with Gasteiger partial charge in [-0.1, -0.05) is 0 Å². The Bertz CT molecular complexity index is 438. The number of hydrogen-bond acceptors (Lipinski definition) is 3. The molecule has 0 radical (unpaired) electrons. The molecule has 4 nitrogen and oxygen atoms in total. The Kier molecular flexibility index (Phi) is 2.14. The summed E-state index contributed by atoms with van der Waals surface area (Å²) in [6.07, 6.45) is 6.00. The summed E-state index contributed by atoms with van der Waals surface area (Å²) >= 11 is 0. The zero-order valence-corrected chi connectivity index (χ0v) is 7.39. The summed E-state index contributed by atoms with van der Waals surface area (Å²) in [6, 6.07) is 1.42. The van der Waals surface area contributed by atoms with Crippen LogP contribution in [0.1, 0.15) is 5.56 Å². The predicted octanol–water partition coefficient (Wildman–Crippen LogP) is 1.05. The van der Waals surface area contributed by atoms with E-state index in [4.69, 9.17) is 5.73 Å². The maximum absolute atomic E-state index is 12.8. The van der Waals surface area contributed by atoms with E-state index in [-0.39, 0.29) is 5.82 Å². The van der Waals surface area contributed by atoms with Crippen molar-refractivity contribution in [2.75, 3.05) is 5.73 Å². The van der Waals surface area contributed by atoms with Crippen LogP contribution in [-0.2, 0) is 6.54 Å². The number of anilines is 1. The maximum atomic E-state index is 12.8. The van der Waals surface area contributed by atoms with Gasteiger partial charge in [-0.3, -0.25) is 9.67 Å². The Morgan fingerprint density at radius 3 is 2.86 bits per heavy atom. The molecule has 2 heterocycles. The quantitative estimate of drug-likeness (QED) is 0.773. The molecule has 0 aliphatic rings. The second-order valence-corrected chi connectivity index (χ2v) is 2.98. The van der Waals surface area contributed by atoms with Crippen molar-refractivity contribution in [3.63, 3.8) is 0 Å². The molecule has 0 amide bonds. The molecule has 2 N–H and O–H groups in total. The number of nitrogen functional groups attached to an aromatic ring is 1. The molecule has 0 fully saturated rings. The van der Waals surface area contributed by atoms with E-state index in [0.29, 0.717) is 12.2 Å². The molecule has 0 bridgehead atoms. The van der Waals surface area contributed by atoms with Gasteiger partial charge < -0.3 is 5.73 Å². The summed E-state index contributed by atoms with van der Waals surface area (Å²) in [4.78, 5) is 3.74. The normalized spacial score (nSPS) is 10.4. The number of rotatable bonds is 2. The van der Waals surface area contributed by atoms with Gasteiger partial charge in [0.15, 0.2) is 0 Å². The van der Waals surface area contributed by atoms with Crippen LogP contribution < -0.4 is 5.73 Å². The number of pyridine rings is 1. The highest BCUT2D eigenvalue weighted by atomic mass is 19.1. The molecule has 0 aliphatic carbocycles. The minimum atomic E-state index is -0.345. The van der Waals surface area contributed by atoms with Gasteiger partial charge in [0.1, 0.15) is 5.82 Å². The summed E-state index contributed by atoms with van der Waals surface area (Å²) in [6.45, 7) is 0.474. The Morgan fingerprint density at radius 1 is 1.36 bits per heavy atom. The van der Waals surface area contributed by atoms with Crippen molar-refractivity contribution in [2.24, 2.45) is 0 Å². The molecule has 2 aromatic rings. The molecule has 72 valence electrons. The molecule has 0 aliphatic heterocycles. The van der Waals surface area contributed by atoms with Crippen molar-refractivity contribution in [3.8, 4) is 0 Å². The third kappa shape index (κ3) is 1.87. The van der Waals surface area contributed by atoms with E-state index >= 15 is 0 Å².